The van der Waals surface area contributed by atoms with E-state index < -0.39 is 17.8 Å². The maximum Gasteiger partial charge on any atom is 0.407 e. The maximum atomic E-state index is 11.4. The minimum Gasteiger partial charge on any atom is -0.445 e. The largest absolute Gasteiger partial charge is 0.445 e. The van der Waals surface area contributed by atoms with Crippen LogP contribution in [-0.4, -0.2) is 36.1 Å². The Morgan fingerprint density at radius 3 is 2.83 bits per heavy atom. The van der Waals surface area contributed by atoms with Gasteiger partial charge in [-0.25, -0.2) is 4.79 Å². The molecule has 1 aromatic carbocycles. The van der Waals surface area contributed by atoms with E-state index in [1.807, 2.05) is 30.3 Å². The third-order valence-electron chi connectivity index (χ3n) is 2.96. The van der Waals surface area contributed by atoms with Crippen LogP contribution in [0, 0.1) is 0 Å². The van der Waals surface area contributed by atoms with E-state index >= 15 is 0 Å². The van der Waals surface area contributed by atoms with Crippen molar-refractivity contribution in [1.29, 1.82) is 0 Å². The van der Waals surface area contributed by atoms with E-state index in [-0.39, 0.29) is 13.2 Å². The lowest BCUT2D eigenvalue weighted by Gasteiger charge is -2.15. The first-order chi connectivity index (χ1) is 8.60. The van der Waals surface area contributed by atoms with Crippen molar-refractivity contribution in [2.45, 2.75) is 25.2 Å². The molecule has 0 radical (unpaired) electrons. The molecule has 98 valence electrons. The summed E-state index contributed by atoms with van der Waals surface area (Å²) in [5, 5.41) is 12.2. The highest BCUT2D eigenvalue weighted by Crippen LogP contribution is 2.29. The van der Waals surface area contributed by atoms with Crippen molar-refractivity contribution in [2.24, 2.45) is 0 Å². The molecule has 1 fully saturated rings. The quantitative estimate of drug-likeness (QED) is 0.768. The molecule has 0 bridgehead atoms. The summed E-state index contributed by atoms with van der Waals surface area (Å²) in [5.41, 5.74) is 0.415. The van der Waals surface area contributed by atoms with Crippen LogP contribution >= 0.6 is 0 Å². The van der Waals surface area contributed by atoms with Gasteiger partial charge >= 0.3 is 6.09 Å². The third-order valence-corrected chi connectivity index (χ3v) is 2.96. The van der Waals surface area contributed by atoms with E-state index in [2.05, 4.69) is 5.32 Å². The Kier molecular flexibility index (Phi) is 3.84. The van der Waals surface area contributed by atoms with Gasteiger partial charge in [0.25, 0.3) is 0 Å². The van der Waals surface area contributed by atoms with Gasteiger partial charge in [-0.05, 0) is 12.5 Å². The molecule has 1 heterocycles. The van der Waals surface area contributed by atoms with Crippen molar-refractivity contribution in [3.05, 3.63) is 35.9 Å². The Morgan fingerprint density at radius 2 is 2.22 bits per heavy atom. The molecule has 1 amide bonds. The number of hydrogen-bond acceptors (Lipinski definition) is 4. The monoisotopic (exact) mass is 251 g/mol. The number of aliphatic hydroxyl groups is 1. The number of carbonyl (C=O) groups is 1. The lowest BCUT2D eigenvalue weighted by Crippen LogP contribution is -2.39. The molecule has 5 heteroatoms. The van der Waals surface area contributed by atoms with E-state index in [0.717, 1.165) is 5.56 Å². The Balaban J connectivity index is 1.66. The number of rotatable bonds is 5. The fourth-order valence-electron chi connectivity index (χ4n) is 1.48. The fraction of sp³-hybridized carbons (Fsp3) is 0.462. The molecular formula is C13H17NO4. The molecule has 2 N–H and O–H groups in total. The van der Waals surface area contributed by atoms with Crippen LogP contribution in [0.3, 0.4) is 0 Å². The SMILES string of the molecule is C[C@@]1([C@H](O)CNC(=O)OCc2ccccc2)CO1. The van der Waals surface area contributed by atoms with Crippen LogP contribution in [0.1, 0.15) is 12.5 Å². The molecule has 1 aliphatic heterocycles. The van der Waals surface area contributed by atoms with Gasteiger partial charge in [-0.1, -0.05) is 30.3 Å². The second-order valence-electron chi connectivity index (χ2n) is 4.56. The first kappa shape index (κ1) is 12.9. The predicted octanol–water partition coefficient (Wildman–Crippen LogP) is 1.06. The summed E-state index contributed by atoms with van der Waals surface area (Å²) in [4.78, 5) is 11.4. The molecule has 2 atom stereocenters. The highest BCUT2D eigenvalue weighted by atomic mass is 16.6. The number of amides is 1. The number of carbonyl (C=O) groups excluding carboxylic acids is 1. The maximum absolute atomic E-state index is 11.4. The van der Waals surface area contributed by atoms with Crippen molar-refractivity contribution in [2.75, 3.05) is 13.2 Å². The molecule has 5 nitrogen and oxygen atoms in total. The molecule has 18 heavy (non-hydrogen) atoms. The van der Waals surface area contributed by atoms with Crippen LogP contribution in [0.4, 0.5) is 4.79 Å². The molecular weight excluding hydrogens is 234 g/mol. The summed E-state index contributed by atoms with van der Waals surface area (Å²) in [7, 11) is 0. The zero-order valence-electron chi connectivity index (χ0n) is 10.3. The minimum atomic E-state index is -0.707. The highest BCUT2D eigenvalue weighted by Gasteiger charge is 2.46. The number of aliphatic hydroxyl groups excluding tert-OH is 1. The van der Waals surface area contributed by atoms with Gasteiger partial charge in [-0.2, -0.15) is 0 Å². The summed E-state index contributed by atoms with van der Waals surface area (Å²) in [6.45, 7) is 2.67. The van der Waals surface area contributed by atoms with Gasteiger partial charge in [0.1, 0.15) is 18.3 Å². The highest BCUT2D eigenvalue weighted by molar-refractivity contribution is 5.67. The zero-order valence-corrected chi connectivity index (χ0v) is 10.3. The average molecular weight is 251 g/mol. The second kappa shape index (κ2) is 5.37. The number of nitrogens with one attached hydrogen (secondary N) is 1. The van der Waals surface area contributed by atoms with E-state index in [1.54, 1.807) is 6.92 Å². The van der Waals surface area contributed by atoms with Crippen LogP contribution in [0.2, 0.25) is 0 Å². The molecule has 0 saturated carbocycles. The van der Waals surface area contributed by atoms with Gasteiger partial charge in [-0.3, -0.25) is 0 Å². The number of epoxide rings is 1. The first-order valence-corrected chi connectivity index (χ1v) is 5.87. The standard InChI is InChI=1S/C13H17NO4/c1-13(9-18-13)11(15)7-14-12(16)17-8-10-5-3-2-4-6-10/h2-6,11,15H,7-9H2,1H3,(H,14,16)/t11-,13+/m1/s1. The Morgan fingerprint density at radius 1 is 1.56 bits per heavy atom. The topological polar surface area (TPSA) is 71.1 Å². The van der Waals surface area contributed by atoms with Gasteiger partial charge in [0.05, 0.1) is 6.61 Å². The Hall–Kier alpha value is -1.59. The Labute approximate surface area is 106 Å². The van der Waals surface area contributed by atoms with Crippen molar-refractivity contribution in [1.82, 2.24) is 5.32 Å². The zero-order chi connectivity index (χ0) is 13.0. The number of alkyl carbamates (subject to hydrolysis) is 1. The summed E-state index contributed by atoms with van der Waals surface area (Å²) < 4.78 is 10.1. The van der Waals surface area contributed by atoms with Gasteiger partial charge in [0, 0.05) is 6.54 Å². The number of benzene rings is 1. The summed E-state index contributed by atoms with van der Waals surface area (Å²) in [5.74, 6) is 0. The van der Waals surface area contributed by atoms with Gasteiger partial charge < -0.3 is 19.9 Å². The van der Waals surface area contributed by atoms with Crippen LogP contribution in [0.15, 0.2) is 30.3 Å². The predicted molar refractivity (Wildman–Crippen MR) is 65.0 cm³/mol. The van der Waals surface area contributed by atoms with Crippen LogP contribution in [0.5, 0.6) is 0 Å². The van der Waals surface area contributed by atoms with Crippen molar-refractivity contribution >= 4 is 6.09 Å². The third kappa shape index (κ3) is 3.45. The smallest absolute Gasteiger partial charge is 0.407 e. The molecule has 0 unspecified atom stereocenters. The molecule has 1 aliphatic rings. The van der Waals surface area contributed by atoms with E-state index in [4.69, 9.17) is 9.47 Å². The number of ether oxygens (including phenoxy) is 2. The summed E-state index contributed by atoms with van der Waals surface area (Å²) >= 11 is 0. The normalized spacial score (nSPS) is 23.2. The lowest BCUT2D eigenvalue weighted by molar-refractivity contribution is 0.0785. The van der Waals surface area contributed by atoms with Crippen LogP contribution < -0.4 is 5.32 Å². The summed E-state index contributed by atoms with van der Waals surface area (Å²) in [6.07, 6.45) is -1.25. The van der Waals surface area contributed by atoms with Gasteiger partial charge in [0.2, 0.25) is 0 Å². The van der Waals surface area contributed by atoms with Gasteiger partial charge in [0.15, 0.2) is 0 Å². The van der Waals surface area contributed by atoms with Crippen LogP contribution in [0.25, 0.3) is 0 Å². The van der Waals surface area contributed by atoms with E-state index in [0.29, 0.717) is 6.61 Å². The van der Waals surface area contributed by atoms with E-state index in [1.165, 1.54) is 0 Å². The molecule has 1 aromatic rings. The fourth-order valence-corrected chi connectivity index (χ4v) is 1.48. The molecule has 0 aromatic heterocycles. The van der Waals surface area contributed by atoms with Crippen molar-refractivity contribution in [3.8, 4) is 0 Å². The molecule has 2 rings (SSSR count). The lowest BCUT2D eigenvalue weighted by atomic mass is 10.1. The first-order valence-electron chi connectivity index (χ1n) is 5.87. The van der Waals surface area contributed by atoms with Crippen molar-refractivity contribution in [3.63, 3.8) is 0 Å². The van der Waals surface area contributed by atoms with Crippen molar-refractivity contribution < 1.29 is 19.4 Å². The van der Waals surface area contributed by atoms with Crippen LogP contribution in [-0.2, 0) is 16.1 Å². The van der Waals surface area contributed by atoms with Gasteiger partial charge in [-0.15, -0.1) is 0 Å². The molecule has 1 saturated heterocycles. The second-order valence-corrected chi connectivity index (χ2v) is 4.56. The molecule has 0 aliphatic carbocycles. The minimum absolute atomic E-state index is 0.129. The molecule has 0 spiro atoms. The summed E-state index contributed by atoms with van der Waals surface area (Å²) in [6, 6.07) is 9.41. The average Bonchev–Trinajstić information content (AvgIpc) is 3.14. The number of hydrogen-bond donors (Lipinski definition) is 2. The Bertz CT molecular complexity index is 403. The van der Waals surface area contributed by atoms with E-state index in [9.17, 15) is 9.90 Å².